The van der Waals surface area contributed by atoms with Crippen molar-refractivity contribution in [1.29, 1.82) is 0 Å². The number of amides is 3. The average molecular weight is 538 g/mol. The Kier molecular flexibility index (Phi) is 6.40. The van der Waals surface area contributed by atoms with Crippen LogP contribution in [0.2, 0.25) is 0 Å². The Morgan fingerprint density at radius 1 is 1.34 bits per heavy atom. The molecule has 0 spiro atoms. The molecule has 0 aromatic carbocycles. The number of thiazole rings is 1. The molecule has 0 bridgehead atoms. The highest BCUT2D eigenvalue weighted by Crippen LogP contribution is 2.42. The number of oxime groups is 1. The summed E-state index contributed by atoms with van der Waals surface area (Å²) in [5.74, 6) is -3.38. The number of aromatic nitrogens is 2. The third-order valence-electron chi connectivity index (χ3n) is 6.85. The molecule has 2 fully saturated rings. The van der Waals surface area contributed by atoms with E-state index in [9.17, 15) is 29.5 Å². The Balaban J connectivity index is 1.50. The number of rotatable bonds is 6. The predicted molar refractivity (Wildman–Crippen MR) is 131 cm³/mol. The molecule has 3 amide bonds. The van der Waals surface area contributed by atoms with Crippen molar-refractivity contribution in [3.05, 3.63) is 58.0 Å². The standard InChI is InChI=1S/C24H23N7O6S/c1-30-9-3-2-4-14(30)16(12-7-8-26-20(12)32)11-5-6-15-18(22(34)31(15)19(11)23(35)36)28-21(33)17(29-37)13-10-38-24(25)27-13/h2-4,9-10,15,18H,5-8H2,1H3,(H5-,25,26,27,28,32,33,35,36,37)/t15-,18+/m1/s1. The van der Waals surface area contributed by atoms with Gasteiger partial charge in [0.25, 0.3) is 11.8 Å². The fraction of sp³-hybridized carbons (Fsp3) is 0.292. The van der Waals surface area contributed by atoms with Gasteiger partial charge in [0, 0.05) is 29.6 Å². The molecule has 0 unspecified atom stereocenters. The molecule has 5 N–H and O–H groups in total. The first-order valence-corrected chi connectivity index (χ1v) is 12.6. The molecule has 2 aromatic rings. The van der Waals surface area contributed by atoms with Gasteiger partial charge in [0.1, 0.15) is 18.8 Å². The molecule has 0 saturated carbocycles. The molecule has 2 atom stereocenters. The van der Waals surface area contributed by atoms with Crippen molar-refractivity contribution < 1.29 is 34.1 Å². The zero-order chi connectivity index (χ0) is 27.1. The van der Waals surface area contributed by atoms with Gasteiger partial charge in [-0.1, -0.05) is 5.16 Å². The Morgan fingerprint density at radius 2 is 2.13 bits per heavy atom. The normalized spacial score (nSPS) is 22.6. The van der Waals surface area contributed by atoms with Crippen LogP contribution in [0.3, 0.4) is 0 Å². The maximum absolute atomic E-state index is 13.2. The maximum atomic E-state index is 13.2. The van der Waals surface area contributed by atoms with Crippen LogP contribution in [-0.4, -0.2) is 63.1 Å². The van der Waals surface area contributed by atoms with Crippen LogP contribution in [0.5, 0.6) is 0 Å². The summed E-state index contributed by atoms with van der Waals surface area (Å²) in [6.45, 7) is 0.418. The van der Waals surface area contributed by atoms with Crippen LogP contribution in [0.1, 0.15) is 30.7 Å². The number of allylic oxidation sites excluding steroid dienone is 2. The first kappa shape index (κ1) is 25.1. The molecule has 0 aliphatic carbocycles. The Morgan fingerprint density at radius 3 is 2.74 bits per heavy atom. The van der Waals surface area contributed by atoms with Gasteiger partial charge >= 0.3 is 0 Å². The zero-order valence-corrected chi connectivity index (χ0v) is 20.9. The molecular formula is C24H23N7O6S. The number of hydrogen-bond acceptors (Lipinski definition) is 10. The zero-order valence-electron chi connectivity index (χ0n) is 20.1. The lowest BCUT2D eigenvalue weighted by Gasteiger charge is -2.51. The minimum absolute atomic E-state index is 0.0409. The van der Waals surface area contributed by atoms with Crippen molar-refractivity contribution >= 4 is 51.4 Å². The number of carboxylic acid groups (broad SMARTS) is 1. The largest absolute Gasteiger partial charge is 0.543 e. The Labute approximate surface area is 220 Å². The number of nitrogens with one attached hydrogen (secondary N) is 2. The Hall–Kier alpha value is -4.59. The van der Waals surface area contributed by atoms with Gasteiger partial charge in [0.2, 0.25) is 11.6 Å². The summed E-state index contributed by atoms with van der Waals surface area (Å²) < 4.78 is 1.78. The molecule has 38 heavy (non-hydrogen) atoms. The summed E-state index contributed by atoms with van der Waals surface area (Å²) >= 11 is 1.05. The van der Waals surface area contributed by atoms with Crippen LogP contribution in [0.15, 0.2) is 51.8 Å². The Bertz CT molecular complexity index is 1480. The third-order valence-corrected chi connectivity index (χ3v) is 7.52. The van der Waals surface area contributed by atoms with E-state index in [0.29, 0.717) is 41.8 Å². The van der Waals surface area contributed by atoms with E-state index >= 15 is 0 Å². The number of aliphatic carboxylic acids is 1. The number of anilines is 1. The molecule has 3 aliphatic rings. The second-order valence-corrected chi connectivity index (χ2v) is 9.85. The van der Waals surface area contributed by atoms with Gasteiger partial charge in [0.15, 0.2) is 17.0 Å². The number of carbonyl (C=O) groups excluding carboxylic acids is 4. The highest BCUT2D eigenvalue weighted by Gasteiger charge is 2.53. The number of carbonyl (C=O) groups is 4. The van der Waals surface area contributed by atoms with Crippen LogP contribution < -0.4 is 26.0 Å². The molecule has 2 aromatic heterocycles. The highest BCUT2D eigenvalue weighted by molar-refractivity contribution is 7.13. The summed E-state index contributed by atoms with van der Waals surface area (Å²) in [5.41, 5.74) is 6.71. The number of fused-ring (bicyclic) bond motifs is 1. The lowest BCUT2D eigenvalue weighted by atomic mass is 9.79. The van der Waals surface area contributed by atoms with Crippen LogP contribution in [-0.2, 0) is 26.2 Å². The van der Waals surface area contributed by atoms with E-state index < -0.39 is 35.6 Å². The molecule has 2 saturated heterocycles. The van der Waals surface area contributed by atoms with Crippen LogP contribution in [0, 0.1) is 0 Å². The summed E-state index contributed by atoms with van der Waals surface area (Å²) in [6, 6.07) is 3.65. The minimum atomic E-state index is -1.56. The van der Waals surface area contributed by atoms with Crippen molar-refractivity contribution in [1.82, 2.24) is 20.5 Å². The van der Waals surface area contributed by atoms with Crippen LogP contribution in [0.4, 0.5) is 5.13 Å². The van der Waals surface area contributed by atoms with E-state index in [0.717, 1.165) is 16.2 Å². The van der Waals surface area contributed by atoms with Crippen molar-refractivity contribution in [3.63, 3.8) is 0 Å². The lowest BCUT2D eigenvalue weighted by Crippen LogP contribution is -2.72. The predicted octanol–water partition coefficient (Wildman–Crippen LogP) is -1.80. The van der Waals surface area contributed by atoms with Gasteiger partial charge in [0.05, 0.1) is 23.3 Å². The lowest BCUT2D eigenvalue weighted by molar-refractivity contribution is -0.673. The number of hydrogen-bond donors (Lipinski definition) is 4. The number of nitrogens with two attached hydrogens (primary N) is 1. The van der Waals surface area contributed by atoms with Crippen molar-refractivity contribution in [2.45, 2.75) is 31.3 Å². The number of β-lactam (4-membered cyclic amide) rings is 1. The van der Waals surface area contributed by atoms with E-state index in [4.69, 9.17) is 5.73 Å². The minimum Gasteiger partial charge on any atom is -0.543 e. The molecule has 13 nitrogen and oxygen atoms in total. The molecule has 3 aliphatic heterocycles. The van der Waals surface area contributed by atoms with Crippen molar-refractivity contribution in [3.8, 4) is 0 Å². The van der Waals surface area contributed by atoms with Gasteiger partial charge in [-0.2, -0.15) is 0 Å². The van der Waals surface area contributed by atoms with E-state index in [-0.39, 0.29) is 28.9 Å². The van der Waals surface area contributed by atoms with Gasteiger partial charge < -0.3 is 36.4 Å². The molecule has 196 valence electrons. The summed E-state index contributed by atoms with van der Waals surface area (Å²) in [4.78, 5) is 56.1. The molecular weight excluding hydrogens is 514 g/mol. The first-order chi connectivity index (χ1) is 18.2. The van der Waals surface area contributed by atoms with E-state index in [1.165, 1.54) is 5.38 Å². The van der Waals surface area contributed by atoms with Crippen LogP contribution >= 0.6 is 11.3 Å². The summed E-state index contributed by atoms with van der Waals surface area (Å²) in [5, 5.41) is 31.7. The first-order valence-electron chi connectivity index (χ1n) is 11.7. The van der Waals surface area contributed by atoms with Gasteiger partial charge in [-0.05, 0) is 30.9 Å². The fourth-order valence-corrected chi connectivity index (χ4v) is 5.70. The molecule has 0 radical (unpaired) electrons. The topological polar surface area (TPSA) is 194 Å². The number of carboxylic acids is 1. The van der Waals surface area contributed by atoms with Gasteiger partial charge in [-0.15, -0.1) is 11.3 Å². The number of nitrogens with zero attached hydrogens (tertiary/aromatic N) is 4. The maximum Gasteiger partial charge on any atom is 0.276 e. The average Bonchev–Trinajstić information content (AvgIpc) is 3.51. The van der Waals surface area contributed by atoms with E-state index in [1.54, 1.807) is 29.9 Å². The third kappa shape index (κ3) is 4.08. The number of nitrogen functional groups attached to an aromatic ring is 1. The highest BCUT2D eigenvalue weighted by atomic mass is 32.1. The van der Waals surface area contributed by atoms with Crippen molar-refractivity contribution in [2.24, 2.45) is 12.2 Å². The molecule has 5 rings (SSSR count). The quantitative estimate of drug-likeness (QED) is 0.0827. The van der Waals surface area contributed by atoms with E-state index in [1.807, 2.05) is 6.07 Å². The van der Waals surface area contributed by atoms with Crippen LogP contribution in [0.25, 0.3) is 5.57 Å². The molecule has 5 heterocycles. The monoisotopic (exact) mass is 537 g/mol. The summed E-state index contributed by atoms with van der Waals surface area (Å²) in [7, 11) is 1.78. The summed E-state index contributed by atoms with van der Waals surface area (Å²) in [6.07, 6.45) is 2.71. The number of pyridine rings is 1. The van der Waals surface area contributed by atoms with Gasteiger partial charge in [-0.3, -0.25) is 14.4 Å². The second-order valence-electron chi connectivity index (χ2n) is 8.96. The van der Waals surface area contributed by atoms with E-state index in [2.05, 4.69) is 20.8 Å². The number of aryl methyl sites for hydroxylation is 1. The van der Waals surface area contributed by atoms with Gasteiger partial charge in [-0.25, -0.2) is 9.55 Å². The fourth-order valence-electron chi connectivity index (χ4n) is 5.15. The molecule has 14 heteroatoms. The smallest absolute Gasteiger partial charge is 0.276 e. The van der Waals surface area contributed by atoms with Crippen molar-refractivity contribution in [2.75, 3.05) is 12.3 Å². The SMILES string of the molecule is C[n+]1ccccc1C(=C1CCNC1=O)C1=C(C(=O)[O-])N2C(=O)[C@@H](NC(=O)C(=NO)c3csc(N)n3)[C@H]2CC1. The second kappa shape index (κ2) is 9.70.